The van der Waals surface area contributed by atoms with Crippen molar-refractivity contribution in [1.29, 1.82) is 0 Å². The summed E-state index contributed by atoms with van der Waals surface area (Å²) in [6, 6.07) is 4.22. The van der Waals surface area contributed by atoms with Crippen molar-refractivity contribution in [2.24, 2.45) is 5.10 Å². The lowest BCUT2D eigenvalue weighted by atomic mass is 9.78. The minimum atomic E-state index is -0.923. The van der Waals surface area contributed by atoms with Crippen LogP contribution in [0.1, 0.15) is 58.9 Å². The number of ether oxygens (including phenoxy) is 2. The maximum atomic E-state index is 13.5. The first-order valence-electron chi connectivity index (χ1n) is 10.2. The number of carbonyl (C=O) groups is 2. The van der Waals surface area contributed by atoms with E-state index in [1.807, 2.05) is 33.8 Å². The molecular weight excluding hydrogens is 469 g/mol. The van der Waals surface area contributed by atoms with Crippen LogP contribution in [0.3, 0.4) is 0 Å². The predicted molar refractivity (Wildman–Crippen MR) is 118 cm³/mol. The van der Waals surface area contributed by atoms with E-state index in [9.17, 15) is 14.0 Å². The van der Waals surface area contributed by atoms with E-state index < -0.39 is 23.4 Å². The molecule has 0 radical (unpaired) electrons. The number of hydrogen-bond acceptors (Lipinski definition) is 5. The highest BCUT2D eigenvalue weighted by Crippen LogP contribution is 2.38. The third kappa shape index (κ3) is 5.84. The topological polar surface area (TPSA) is 89.0 Å². The Balaban J connectivity index is 1.72. The Hall–Kier alpha value is -2.42. The van der Waals surface area contributed by atoms with E-state index in [0.29, 0.717) is 41.4 Å². The molecule has 3 rings (SSSR count). The predicted octanol–water partition coefficient (Wildman–Crippen LogP) is 5.18. The van der Waals surface area contributed by atoms with Gasteiger partial charge in [-0.15, -0.1) is 0 Å². The van der Waals surface area contributed by atoms with E-state index in [-0.39, 0.29) is 11.9 Å². The number of carbonyl (C=O) groups excluding carboxylic acids is 2. The summed E-state index contributed by atoms with van der Waals surface area (Å²) < 4.78 is 25.1. The molecule has 1 heterocycles. The number of nitrogens with one attached hydrogen (secondary N) is 2. The van der Waals surface area contributed by atoms with Gasteiger partial charge in [-0.05, 0) is 65.2 Å². The number of rotatable bonds is 4. The second-order valence-electron chi connectivity index (χ2n) is 8.90. The lowest BCUT2D eigenvalue weighted by Crippen LogP contribution is -2.51. The highest BCUT2D eigenvalue weighted by molar-refractivity contribution is 9.10. The van der Waals surface area contributed by atoms with Gasteiger partial charge in [-0.1, -0.05) is 27.6 Å². The van der Waals surface area contributed by atoms with Crippen LogP contribution in [0.2, 0.25) is 0 Å². The summed E-state index contributed by atoms with van der Waals surface area (Å²) in [5.41, 5.74) is 3.25. The van der Waals surface area contributed by atoms with E-state index in [2.05, 4.69) is 31.8 Å². The molecule has 2 N–H and O–H groups in total. The molecule has 7 nitrogen and oxygen atoms in total. The van der Waals surface area contributed by atoms with Crippen LogP contribution in [0.25, 0.3) is 0 Å². The summed E-state index contributed by atoms with van der Waals surface area (Å²) in [5.74, 6) is -0.372. The van der Waals surface area contributed by atoms with Crippen molar-refractivity contribution in [3.8, 4) is 0 Å². The van der Waals surface area contributed by atoms with Gasteiger partial charge in [0.15, 0.2) is 5.60 Å². The quantitative estimate of drug-likeness (QED) is 0.562. The van der Waals surface area contributed by atoms with Gasteiger partial charge in [-0.2, -0.15) is 5.10 Å². The van der Waals surface area contributed by atoms with Crippen LogP contribution in [0.5, 0.6) is 0 Å². The maximum Gasteiger partial charge on any atom is 0.428 e. The Morgan fingerprint density at radius 3 is 2.81 bits per heavy atom. The molecule has 2 aliphatic rings. The number of alkyl carbamates (subject to hydrolysis) is 1. The molecule has 168 valence electrons. The summed E-state index contributed by atoms with van der Waals surface area (Å²) in [5, 5.41) is 7.09. The number of halogens is 2. The smallest absolute Gasteiger partial charge is 0.428 e. The van der Waals surface area contributed by atoms with Crippen LogP contribution in [-0.4, -0.2) is 35.1 Å². The molecule has 1 aliphatic carbocycles. The van der Waals surface area contributed by atoms with Gasteiger partial charge in [0.05, 0.1) is 0 Å². The second-order valence-corrected chi connectivity index (χ2v) is 9.75. The standard InChI is InChI=1S/C22H27BrFN3O4/c1-13(25-19(28)30-21(2,3)4)11-14-7-9-22(10-8-14)18(26-27-20(29)31-22)16-6-5-15(24)12-17(16)23/h5-7,12-13H,8-11H2,1-4H3,(H,25,28)(H,27,29)/t13-,22?/m0/s1. The summed E-state index contributed by atoms with van der Waals surface area (Å²) in [6.45, 7) is 7.38. The van der Waals surface area contributed by atoms with E-state index >= 15 is 0 Å². The fourth-order valence-corrected chi connectivity index (χ4v) is 4.30. The van der Waals surface area contributed by atoms with Crippen LogP contribution in [-0.2, 0) is 9.47 Å². The molecule has 0 bridgehead atoms. The number of amides is 2. The average molecular weight is 496 g/mol. The largest absolute Gasteiger partial charge is 0.444 e. The molecule has 1 spiro atoms. The van der Waals surface area contributed by atoms with Gasteiger partial charge in [0.25, 0.3) is 0 Å². The molecule has 31 heavy (non-hydrogen) atoms. The van der Waals surface area contributed by atoms with Crippen molar-refractivity contribution < 1.29 is 23.5 Å². The first-order valence-corrected chi connectivity index (χ1v) is 11.0. The molecule has 1 aliphatic heterocycles. The summed E-state index contributed by atoms with van der Waals surface area (Å²) >= 11 is 3.38. The van der Waals surface area contributed by atoms with Crippen LogP contribution in [0.15, 0.2) is 39.4 Å². The van der Waals surface area contributed by atoms with E-state index in [4.69, 9.17) is 9.47 Å². The molecule has 1 aromatic carbocycles. The lowest BCUT2D eigenvalue weighted by Gasteiger charge is -2.39. The summed E-state index contributed by atoms with van der Waals surface area (Å²) in [6.07, 6.45) is 3.28. The Morgan fingerprint density at radius 1 is 1.45 bits per heavy atom. The zero-order valence-electron chi connectivity index (χ0n) is 18.1. The van der Waals surface area contributed by atoms with Gasteiger partial charge < -0.3 is 14.8 Å². The fourth-order valence-electron chi connectivity index (χ4n) is 3.76. The first kappa shape index (κ1) is 23.2. The molecule has 0 aromatic heterocycles. The highest BCUT2D eigenvalue weighted by atomic mass is 79.9. The molecule has 1 unspecified atom stereocenters. The van der Waals surface area contributed by atoms with Crippen LogP contribution in [0.4, 0.5) is 14.0 Å². The normalized spacial score (nSPS) is 22.1. The maximum absolute atomic E-state index is 13.5. The van der Waals surface area contributed by atoms with Gasteiger partial charge in [0, 0.05) is 22.5 Å². The van der Waals surface area contributed by atoms with Crippen molar-refractivity contribution >= 4 is 33.8 Å². The van der Waals surface area contributed by atoms with Crippen molar-refractivity contribution in [1.82, 2.24) is 10.7 Å². The van der Waals surface area contributed by atoms with E-state index in [1.165, 1.54) is 12.1 Å². The number of benzene rings is 1. The van der Waals surface area contributed by atoms with Crippen molar-refractivity contribution in [3.05, 3.63) is 45.7 Å². The van der Waals surface area contributed by atoms with Gasteiger partial charge in [-0.3, -0.25) is 0 Å². The van der Waals surface area contributed by atoms with Gasteiger partial charge in [0.1, 0.15) is 17.1 Å². The van der Waals surface area contributed by atoms with Gasteiger partial charge in [0.2, 0.25) is 0 Å². The van der Waals surface area contributed by atoms with Crippen molar-refractivity contribution in [2.75, 3.05) is 0 Å². The highest BCUT2D eigenvalue weighted by Gasteiger charge is 2.45. The monoisotopic (exact) mass is 495 g/mol. The van der Waals surface area contributed by atoms with Crippen molar-refractivity contribution in [2.45, 2.75) is 70.6 Å². The SMILES string of the molecule is C[C@@H](CC1=CCC2(CC1)OC(=O)NN=C2c1ccc(F)cc1Br)NC(=O)OC(C)(C)C. The zero-order valence-corrected chi connectivity index (χ0v) is 19.6. The van der Waals surface area contributed by atoms with Crippen molar-refractivity contribution in [3.63, 3.8) is 0 Å². The average Bonchev–Trinajstić information content (AvgIpc) is 2.63. The Morgan fingerprint density at radius 2 is 2.19 bits per heavy atom. The summed E-state index contributed by atoms with van der Waals surface area (Å²) in [4.78, 5) is 23.9. The molecule has 0 saturated carbocycles. The molecule has 1 aromatic rings. The first-order chi connectivity index (χ1) is 14.5. The molecule has 0 fully saturated rings. The van der Waals surface area contributed by atoms with E-state index in [0.717, 1.165) is 5.57 Å². The molecular formula is C22H27BrFN3O4. The summed E-state index contributed by atoms with van der Waals surface area (Å²) in [7, 11) is 0. The van der Waals surface area contributed by atoms with E-state index in [1.54, 1.807) is 6.07 Å². The lowest BCUT2D eigenvalue weighted by molar-refractivity contribution is 0.0447. The Labute approximate surface area is 189 Å². The minimum absolute atomic E-state index is 0.106. The molecule has 9 heteroatoms. The fraction of sp³-hybridized carbons (Fsp3) is 0.500. The molecule has 0 saturated heterocycles. The number of hydrazone groups is 1. The minimum Gasteiger partial charge on any atom is -0.444 e. The Kier molecular flexibility index (Phi) is 6.73. The molecule has 2 atom stereocenters. The third-order valence-electron chi connectivity index (χ3n) is 5.07. The van der Waals surface area contributed by atoms with Gasteiger partial charge >= 0.3 is 12.2 Å². The number of hydrogen-bond donors (Lipinski definition) is 2. The number of nitrogens with zero attached hydrogens (tertiary/aromatic N) is 1. The Bertz CT molecular complexity index is 941. The zero-order chi connectivity index (χ0) is 22.8. The second kappa shape index (κ2) is 8.98. The van der Waals surface area contributed by atoms with Gasteiger partial charge in [-0.25, -0.2) is 19.4 Å². The molecule has 2 amide bonds. The third-order valence-corrected chi connectivity index (χ3v) is 5.72. The van der Waals surface area contributed by atoms with Crippen LogP contribution < -0.4 is 10.7 Å². The van der Waals surface area contributed by atoms with Crippen LogP contribution >= 0.6 is 15.9 Å². The van der Waals surface area contributed by atoms with Crippen LogP contribution in [0, 0.1) is 5.82 Å².